The molecule has 6 nitrogen and oxygen atoms in total. The molecule has 2 aliphatic rings. The largest absolute Gasteiger partial charge is 0.480 e. The highest BCUT2D eigenvalue weighted by molar-refractivity contribution is 5.89. The molecule has 112 valence electrons. The Morgan fingerprint density at radius 1 is 1.00 bits per heavy atom. The summed E-state index contributed by atoms with van der Waals surface area (Å²) in [5.41, 5.74) is 0. The smallest absolute Gasteiger partial charge is 0.322 e. The monoisotopic (exact) mass is 282 g/mol. The average molecular weight is 282 g/mol. The second kappa shape index (κ2) is 6.72. The van der Waals surface area contributed by atoms with Crippen LogP contribution in [0.25, 0.3) is 0 Å². The molecule has 2 atom stereocenters. The summed E-state index contributed by atoms with van der Waals surface area (Å²) < 4.78 is 0. The zero-order chi connectivity index (χ0) is 14.5. The van der Waals surface area contributed by atoms with Crippen molar-refractivity contribution in [3.63, 3.8) is 0 Å². The molecule has 0 aromatic rings. The number of carbonyl (C=O) groups is 3. The molecule has 0 radical (unpaired) electrons. The first-order valence-corrected chi connectivity index (χ1v) is 7.38. The van der Waals surface area contributed by atoms with Crippen LogP contribution in [0.4, 0.5) is 0 Å². The van der Waals surface area contributed by atoms with Crippen LogP contribution in [0.3, 0.4) is 0 Å². The van der Waals surface area contributed by atoms with E-state index in [0.717, 1.165) is 45.2 Å². The molecule has 0 aromatic carbocycles. The van der Waals surface area contributed by atoms with Crippen molar-refractivity contribution in [3.05, 3.63) is 0 Å². The first-order valence-electron chi connectivity index (χ1n) is 7.38. The molecule has 2 rings (SSSR count). The Balaban J connectivity index is 1.98. The van der Waals surface area contributed by atoms with Gasteiger partial charge in [-0.05, 0) is 25.7 Å². The van der Waals surface area contributed by atoms with Gasteiger partial charge < -0.3 is 15.3 Å². The molecule has 2 fully saturated rings. The molecular weight excluding hydrogens is 260 g/mol. The Kier molecular flexibility index (Phi) is 4.98. The van der Waals surface area contributed by atoms with Gasteiger partial charge in [-0.15, -0.1) is 0 Å². The predicted molar refractivity (Wildman–Crippen MR) is 71.9 cm³/mol. The van der Waals surface area contributed by atoms with Crippen LogP contribution >= 0.6 is 0 Å². The third kappa shape index (κ3) is 3.49. The second-order valence-electron chi connectivity index (χ2n) is 5.64. The predicted octanol–water partition coefficient (Wildman–Crippen LogP) is 0.616. The number of likely N-dealkylation sites (tertiary alicyclic amines) is 1. The minimum atomic E-state index is -1.06. The Bertz CT molecular complexity index is 391. The quantitative estimate of drug-likeness (QED) is 0.791. The standard InChI is InChI=1S/C14H22N2O4/c17-12(18)9-15-13(19)10-5-1-2-6-11(10)14(20)16-7-3-4-8-16/h10-11H,1-9H2,(H,15,19)(H,17,18)/t10-,11+/m1/s1. The molecule has 0 spiro atoms. The second-order valence-corrected chi connectivity index (χ2v) is 5.64. The van der Waals surface area contributed by atoms with E-state index < -0.39 is 5.97 Å². The Labute approximate surface area is 118 Å². The van der Waals surface area contributed by atoms with E-state index in [-0.39, 0.29) is 30.2 Å². The summed E-state index contributed by atoms with van der Waals surface area (Å²) in [7, 11) is 0. The van der Waals surface area contributed by atoms with E-state index in [1.807, 2.05) is 4.90 Å². The van der Waals surface area contributed by atoms with Crippen LogP contribution in [0.2, 0.25) is 0 Å². The Morgan fingerprint density at radius 2 is 1.60 bits per heavy atom. The molecule has 0 bridgehead atoms. The van der Waals surface area contributed by atoms with Crippen molar-refractivity contribution in [2.75, 3.05) is 19.6 Å². The van der Waals surface area contributed by atoms with E-state index in [0.29, 0.717) is 6.42 Å². The molecule has 1 saturated carbocycles. The van der Waals surface area contributed by atoms with Crippen LogP contribution in [0.5, 0.6) is 0 Å². The van der Waals surface area contributed by atoms with E-state index in [1.165, 1.54) is 0 Å². The van der Waals surface area contributed by atoms with Crippen molar-refractivity contribution in [1.82, 2.24) is 10.2 Å². The molecule has 6 heteroatoms. The highest BCUT2D eigenvalue weighted by atomic mass is 16.4. The van der Waals surface area contributed by atoms with Crippen molar-refractivity contribution in [2.24, 2.45) is 11.8 Å². The summed E-state index contributed by atoms with van der Waals surface area (Å²) in [6.45, 7) is 1.21. The molecule has 0 aromatic heterocycles. The van der Waals surface area contributed by atoms with Crippen LogP contribution in [0.15, 0.2) is 0 Å². The van der Waals surface area contributed by atoms with Crippen molar-refractivity contribution in [3.8, 4) is 0 Å². The number of nitrogens with zero attached hydrogens (tertiary/aromatic N) is 1. The molecule has 1 saturated heterocycles. The van der Waals surface area contributed by atoms with E-state index >= 15 is 0 Å². The average Bonchev–Trinajstić information content (AvgIpc) is 2.98. The summed E-state index contributed by atoms with van der Waals surface area (Å²) in [6.07, 6.45) is 5.38. The van der Waals surface area contributed by atoms with Gasteiger partial charge >= 0.3 is 5.97 Å². The van der Waals surface area contributed by atoms with Crippen LogP contribution in [0, 0.1) is 11.8 Å². The van der Waals surface area contributed by atoms with Crippen molar-refractivity contribution in [1.29, 1.82) is 0 Å². The zero-order valence-corrected chi connectivity index (χ0v) is 11.6. The van der Waals surface area contributed by atoms with Gasteiger partial charge in [0, 0.05) is 24.9 Å². The van der Waals surface area contributed by atoms with Crippen molar-refractivity contribution < 1.29 is 19.5 Å². The van der Waals surface area contributed by atoms with Gasteiger partial charge in [0.25, 0.3) is 0 Å². The summed E-state index contributed by atoms with van der Waals surface area (Å²) in [4.78, 5) is 36.9. The number of carboxylic acid groups (broad SMARTS) is 1. The van der Waals surface area contributed by atoms with Gasteiger partial charge in [0.1, 0.15) is 6.54 Å². The fourth-order valence-electron chi connectivity index (χ4n) is 3.21. The summed E-state index contributed by atoms with van der Waals surface area (Å²) >= 11 is 0. The molecule has 0 unspecified atom stereocenters. The van der Waals surface area contributed by atoms with Gasteiger partial charge in [0.2, 0.25) is 11.8 Å². The lowest BCUT2D eigenvalue weighted by atomic mass is 9.78. The number of amides is 2. The highest BCUT2D eigenvalue weighted by Crippen LogP contribution is 2.32. The number of aliphatic carboxylic acids is 1. The maximum Gasteiger partial charge on any atom is 0.322 e. The fraction of sp³-hybridized carbons (Fsp3) is 0.786. The van der Waals surface area contributed by atoms with Crippen molar-refractivity contribution >= 4 is 17.8 Å². The highest BCUT2D eigenvalue weighted by Gasteiger charge is 2.38. The molecule has 2 amide bonds. The van der Waals surface area contributed by atoms with Crippen LogP contribution < -0.4 is 5.32 Å². The lowest BCUT2D eigenvalue weighted by Crippen LogP contribution is -2.45. The number of hydrogen-bond donors (Lipinski definition) is 2. The number of rotatable bonds is 4. The topological polar surface area (TPSA) is 86.7 Å². The van der Waals surface area contributed by atoms with Crippen LogP contribution in [-0.4, -0.2) is 47.4 Å². The maximum absolute atomic E-state index is 12.5. The van der Waals surface area contributed by atoms with Gasteiger partial charge in [-0.3, -0.25) is 14.4 Å². The first kappa shape index (κ1) is 14.8. The van der Waals surface area contributed by atoms with E-state index in [1.54, 1.807) is 0 Å². The summed E-state index contributed by atoms with van der Waals surface area (Å²) in [5, 5.41) is 11.0. The van der Waals surface area contributed by atoms with Gasteiger partial charge in [0.15, 0.2) is 0 Å². The third-order valence-electron chi connectivity index (χ3n) is 4.25. The molecular formula is C14H22N2O4. The minimum Gasteiger partial charge on any atom is -0.480 e. The number of hydrogen-bond acceptors (Lipinski definition) is 3. The van der Waals surface area contributed by atoms with E-state index in [2.05, 4.69) is 5.32 Å². The SMILES string of the molecule is O=C(O)CNC(=O)[C@@H]1CCCC[C@@H]1C(=O)N1CCCC1. The van der Waals surface area contributed by atoms with Crippen LogP contribution in [-0.2, 0) is 14.4 Å². The Hall–Kier alpha value is -1.59. The third-order valence-corrected chi connectivity index (χ3v) is 4.25. The molecule has 1 heterocycles. The van der Waals surface area contributed by atoms with E-state index in [4.69, 9.17) is 5.11 Å². The van der Waals surface area contributed by atoms with Crippen molar-refractivity contribution in [2.45, 2.75) is 38.5 Å². The minimum absolute atomic E-state index is 0.0812. The van der Waals surface area contributed by atoms with E-state index in [9.17, 15) is 14.4 Å². The summed E-state index contributed by atoms with van der Waals surface area (Å²) in [6, 6.07) is 0. The number of carbonyl (C=O) groups excluding carboxylic acids is 2. The van der Waals surface area contributed by atoms with Gasteiger partial charge in [-0.25, -0.2) is 0 Å². The summed E-state index contributed by atoms with van der Waals surface area (Å²) in [5.74, 6) is -1.90. The van der Waals surface area contributed by atoms with Crippen LogP contribution in [0.1, 0.15) is 38.5 Å². The maximum atomic E-state index is 12.5. The first-order chi connectivity index (χ1) is 9.59. The zero-order valence-electron chi connectivity index (χ0n) is 11.6. The lowest BCUT2D eigenvalue weighted by molar-refractivity contribution is -0.144. The molecule has 1 aliphatic heterocycles. The molecule has 2 N–H and O–H groups in total. The lowest BCUT2D eigenvalue weighted by Gasteiger charge is -2.32. The molecule has 1 aliphatic carbocycles. The number of nitrogens with one attached hydrogen (secondary N) is 1. The van der Waals surface area contributed by atoms with Gasteiger partial charge in [-0.2, -0.15) is 0 Å². The Morgan fingerprint density at radius 3 is 2.20 bits per heavy atom. The van der Waals surface area contributed by atoms with Gasteiger partial charge in [-0.1, -0.05) is 12.8 Å². The molecule has 20 heavy (non-hydrogen) atoms. The number of carboxylic acids is 1. The normalized spacial score (nSPS) is 26.3. The van der Waals surface area contributed by atoms with Gasteiger partial charge in [0.05, 0.1) is 0 Å². The fourth-order valence-corrected chi connectivity index (χ4v) is 3.21.